The molecule has 0 unspecified atom stereocenters. The van der Waals surface area contributed by atoms with Crippen LogP contribution in [0, 0.1) is 0 Å². The number of ether oxygens (including phenoxy) is 2. The zero-order valence-corrected chi connectivity index (χ0v) is 16.2. The fourth-order valence-electron chi connectivity index (χ4n) is 2.51. The maximum absolute atomic E-state index is 12.2. The van der Waals surface area contributed by atoms with E-state index in [0.29, 0.717) is 28.8 Å². The maximum Gasteiger partial charge on any atom is 0.319 e. The quantitative estimate of drug-likeness (QED) is 0.771. The second kappa shape index (κ2) is 9.31. The molecule has 0 atom stereocenters. The highest BCUT2D eigenvalue weighted by atomic mass is 35.5. The van der Waals surface area contributed by atoms with Gasteiger partial charge in [-0.15, -0.1) is 0 Å². The van der Waals surface area contributed by atoms with Gasteiger partial charge in [0.25, 0.3) is 0 Å². The van der Waals surface area contributed by atoms with E-state index in [2.05, 4.69) is 27.7 Å². The summed E-state index contributed by atoms with van der Waals surface area (Å²) in [4.78, 5) is 14.3. The van der Waals surface area contributed by atoms with Gasteiger partial charge < -0.3 is 25.0 Å². The van der Waals surface area contributed by atoms with Crippen LogP contribution in [0.15, 0.2) is 36.4 Å². The third-order valence-corrected chi connectivity index (χ3v) is 3.96. The number of urea groups is 1. The summed E-state index contributed by atoms with van der Waals surface area (Å²) < 4.78 is 10.4. The molecule has 2 amide bonds. The van der Waals surface area contributed by atoms with E-state index in [9.17, 15) is 4.79 Å². The van der Waals surface area contributed by atoms with Crippen molar-refractivity contribution in [1.29, 1.82) is 0 Å². The van der Waals surface area contributed by atoms with E-state index >= 15 is 0 Å². The summed E-state index contributed by atoms with van der Waals surface area (Å²) in [6.45, 7) is 1.26. The Morgan fingerprint density at radius 3 is 2.42 bits per heavy atom. The average Bonchev–Trinajstić information content (AvgIpc) is 2.60. The number of carbonyl (C=O) groups is 1. The second-order valence-corrected chi connectivity index (χ2v) is 6.46. The number of anilines is 1. The van der Waals surface area contributed by atoms with Gasteiger partial charge in [-0.05, 0) is 31.3 Å². The summed E-state index contributed by atoms with van der Waals surface area (Å²) in [5, 5.41) is 5.97. The van der Waals surface area contributed by atoms with E-state index in [4.69, 9.17) is 21.1 Å². The van der Waals surface area contributed by atoms with Gasteiger partial charge in [-0.3, -0.25) is 0 Å². The van der Waals surface area contributed by atoms with E-state index in [1.807, 2.05) is 26.2 Å². The molecule has 0 spiro atoms. The molecule has 0 aromatic heterocycles. The summed E-state index contributed by atoms with van der Waals surface area (Å²) >= 11 is 6.12. The molecule has 0 aliphatic carbocycles. The molecule has 0 bridgehead atoms. The van der Waals surface area contributed by atoms with Gasteiger partial charge in [0.15, 0.2) is 0 Å². The largest absolute Gasteiger partial charge is 0.495 e. The molecule has 0 aliphatic heterocycles. The first-order chi connectivity index (χ1) is 12.4. The number of methoxy groups -OCH3 is 2. The fourth-order valence-corrected chi connectivity index (χ4v) is 2.75. The van der Waals surface area contributed by atoms with Crippen LogP contribution in [0.3, 0.4) is 0 Å². The number of amides is 2. The van der Waals surface area contributed by atoms with Gasteiger partial charge in [0.1, 0.15) is 11.5 Å². The lowest BCUT2D eigenvalue weighted by Gasteiger charge is -2.14. The average molecular weight is 378 g/mol. The Kier molecular flexibility index (Phi) is 7.12. The molecule has 2 N–H and O–H groups in total. The minimum Gasteiger partial charge on any atom is -0.495 e. The van der Waals surface area contributed by atoms with Crippen LogP contribution in [0.4, 0.5) is 10.5 Å². The van der Waals surface area contributed by atoms with Gasteiger partial charge in [0.2, 0.25) is 0 Å². The van der Waals surface area contributed by atoms with Crippen LogP contribution in [-0.2, 0) is 13.1 Å². The van der Waals surface area contributed by atoms with Gasteiger partial charge in [-0.1, -0.05) is 35.9 Å². The van der Waals surface area contributed by atoms with Crippen molar-refractivity contribution < 1.29 is 14.3 Å². The van der Waals surface area contributed by atoms with Crippen molar-refractivity contribution in [3.8, 4) is 11.5 Å². The number of benzene rings is 2. The highest BCUT2D eigenvalue weighted by molar-refractivity contribution is 6.32. The van der Waals surface area contributed by atoms with E-state index in [-0.39, 0.29) is 6.03 Å². The molecule has 7 heteroatoms. The summed E-state index contributed by atoms with van der Waals surface area (Å²) in [5.41, 5.74) is 2.69. The van der Waals surface area contributed by atoms with Crippen molar-refractivity contribution in [2.24, 2.45) is 0 Å². The minimum atomic E-state index is -0.345. The number of nitrogens with zero attached hydrogens (tertiary/aromatic N) is 1. The Balaban J connectivity index is 2.00. The van der Waals surface area contributed by atoms with Gasteiger partial charge in [0, 0.05) is 19.2 Å². The van der Waals surface area contributed by atoms with Crippen LogP contribution in [-0.4, -0.2) is 39.2 Å². The lowest BCUT2D eigenvalue weighted by Crippen LogP contribution is -2.28. The Labute approximate surface area is 159 Å². The van der Waals surface area contributed by atoms with Crippen molar-refractivity contribution in [1.82, 2.24) is 10.2 Å². The van der Waals surface area contributed by atoms with E-state index < -0.39 is 0 Å². The molecule has 0 radical (unpaired) electrons. The van der Waals surface area contributed by atoms with Crippen molar-refractivity contribution in [3.63, 3.8) is 0 Å². The highest BCUT2D eigenvalue weighted by Crippen LogP contribution is 2.35. The first kappa shape index (κ1) is 19.9. The third kappa shape index (κ3) is 5.54. The topological polar surface area (TPSA) is 62.8 Å². The molecular weight excluding hydrogens is 354 g/mol. The summed E-state index contributed by atoms with van der Waals surface area (Å²) in [6.07, 6.45) is 0. The maximum atomic E-state index is 12.2. The first-order valence-corrected chi connectivity index (χ1v) is 8.49. The zero-order chi connectivity index (χ0) is 19.1. The fraction of sp³-hybridized carbons (Fsp3) is 0.316. The molecular formula is C19H24ClN3O3. The molecule has 0 fully saturated rings. The number of halogens is 1. The van der Waals surface area contributed by atoms with Crippen LogP contribution in [0.5, 0.6) is 11.5 Å². The monoisotopic (exact) mass is 377 g/mol. The van der Waals surface area contributed by atoms with E-state index in [0.717, 1.165) is 12.1 Å². The normalized spacial score (nSPS) is 10.5. The van der Waals surface area contributed by atoms with Crippen LogP contribution >= 0.6 is 11.6 Å². The minimum absolute atomic E-state index is 0.345. The Hall–Kier alpha value is -2.44. The zero-order valence-electron chi connectivity index (χ0n) is 15.4. The molecule has 2 aromatic carbocycles. The number of nitrogens with one attached hydrogen (secondary N) is 2. The number of rotatable bonds is 7. The van der Waals surface area contributed by atoms with Crippen molar-refractivity contribution in [3.05, 3.63) is 52.5 Å². The smallest absolute Gasteiger partial charge is 0.319 e. The van der Waals surface area contributed by atoms with Crippen molar-refractivity contribution >= 4 is 23.3 Å². The number of carbonyl (C=O) groups excluding carboxylic acids is 1. The Morgan fingerprint density at radius 1 is 1.08 bits per heavy atom. The third-order valence-electron chi connectivity index (χ3n) is 3.67. The van der Waals surface area contributed by atoms with Gasteiger partial charge >= 0.3 is 6.03 Å². The molecule has 26 heavy (non-hydrogen) atoms. The summed E-state index contributed by atoms with van der Waals surface area (Å²) in [5.74, 6) is 0.946. The van der Waals surface area contributed by atoms with E-state index in [1.54, 1.807) is 12.1 Å². The second-order valence-electron chi connectivity index (χ2n) is 6.05. The van der Waals surface area contributed by atoms with Crippen LogP contribution in [0.1, 0.15) is 11.1 Å². The Morgan fingerprint density at radius 2 is 1.77 bits per heavy atom. The lowest BCUT2D eigenvalue weighted by atomic mass is 10.1. The standard InChI is InChI=1S/C19H24ClN3O3/c1-23(2)12-14-7-5-6-13(8-14)11-21-19(24)22-16-9-15(20)17(25-3)10-18(16)26-4/h5-10H,11-12H2,1-4H3,(H2,21,22,24). The SMILES string of the molecule is COc1cc(OC)c(NC(=O)NCc2cccc(CN(C)C)c2)cc1Cl. The number of hydrogen-bond donors (Lipinski definition) is 2. The van der Waals surface area contributed by atoms with Crippen molar-refractivity contribution in [2.45, 2.75) is 13.1 Å². The number of hydrogen-bond acceptors (Lipinski definition) is 4. The predicted octanol–water partition coefficient (Wildman–Crippen LogP) is 3.74. The highest BCUT2D eigenvalue weighted by Gasteiger charge is 2.12. The van der Waals surface area contributed by atoms with Crippen LogP contribution in [0.25, 0.3) is 0 Å². The Bertz CT molecular complexity index is 766. The molecule has 0 saturated heterocycles. The lowest BCUT2D eigenvalue weighted by molar-refractivity contribution is 0.251. The van der Waals surface area contributed by atoms with Crippen LogP contribution in [0.2, 0.25) is 5.02 Å². The van der Waals surface area contributed by atoms with Crippen molar-refractivity contribution in [2.75, 3.05) is 33.6 Å². The molecule has 0 saturated carbocycles. The van der Waals surface area contributed by atoms with Gasteiger partial charge in [-0.25, -0.2) is 4.79 Å². The molecule has 0 heterocycles. The van der Waals surface area contributed by atoms with Gasteiger partial charge in [-0.2, -0.15) is 0 Å². The summed E-state index contributed by atoms with van der Waals surface area (Å²) in [6, 6.07) is 11.0. The predicted molar refractivity (Wildman–Crippen MR) is 104 cm³/mol. The van der Waals surface area contributed by atoms with Gasteiger partial charge in [0.05, 0.1) is 24.9 Å². The summed E-state index contributed by atoms with van der Waals surface area (Å²) in [7, 11) is 7.07. The van der Waals surface area contributed by atoms with Crippen LogP contribution < -0.4 is 20.1 Å². The first-order valence-electron chi connectivity index (χ1n) is 8.12. The molecule has 2 rings (SSSR count). The molecule has 6 nitrogen and oxygen atoms in total. The molecule has 140 valence electrons. The molecule has 2 aromatic rings. The van der Waals surface area contributed by atoms with E-state index in [1.165, 1.54) is 19.8 Å². The molecule has 0 aliphatic rings.